The van der Waals surface area contributed by atoms with Gasteiger partial charge in [0, 0.05) is 57.3 Å². The molecule has 0 aliphatic heterocycles. The van der Waals surface area contributed by atoms with Gasteiger partial charge < -0.3 is 0 Å². The van der Waals surface area contributed by atoms with E-state index in [0.717, 1.165) is 23.3 Å². The number of nitro benzene ring substituents is 2. The number of aromatic nitrogens is 2. The average Bonchev–Trinajstić information content (AvgIpc) is 3.60. The first kappa shape index (κ1) is 32.3. The SMILES string of the molecule is O=C1c2ccc([N+](=O)[O-])cc2C(=O)C1c1cc(-c2ccccc2)c2ccc3c(-c4ccccc4)cc(C4C(=O)c5ccc([N+](=O)[O-])cc5C4=O)nc3c2n1. The maximum Gasteiger partial charge on any atom is 0.270 e. The van der Waals surface area contributed by atoms with Crippen LogP contribution < -0.4 is 0 Å². The van der Waals surface area contributed by atoms with Gasteiger partial charge >= 0.3 is 0 Å². The molecule has 0 amide bonds. The molecule has 2 aliphatic carbocycles. The smallest absolute Gasteiger partial charge is 0.270 e. The summed E-state index contributed by atoms with van der Waals surface area (Å²) in [5, 5.41) is 24.3. The third kappa shape index (κ3) is 4.84. The number of nitro groups is 2. The molecular formula is C42H22N4O8. The lowest BCUT2D eigenvalue weighted by Gasteiger charge is -2.17. The van der Waals surface area contributed by atoms with Crippen molar-refractivity contribution in [2.24, 2.45) is 0 Å². The Morgan fingerprint density at radius 3 is 1.17 bits per heavy atom. The molecule has 2 atom stereocenters. The summed E-state index contributed by atoms with van der Waals surface area (Å²) in [6.45, 7) is 0. The van der Waals surface area contributed by atoms with Crippen molar-refractivity contribution in [2.45, 2.75) is 11.8 Å². The maximum atomic E-state index is 13.9. The molecule has 5 aromatic carbocycles. The van der Waals surface area contributed by atoms with Gasteiger partial charge in [-0.25, -0.2) is 9.97 Å². The largest absolute Gasteiger partial charge is 0.293 e. The van der Waals surface area contributed by atoms with Crippen LogP contribution in [0.1, 0.15) is 64.7 Å². The highest BCUT2D eigenvalue weighted by molar-refractivity contribution is 6.31. The fourth-order valence-electron chi connectivity index (χ4n) is 7.55. The Bertz CT molecular complexity index is 2680. The number of nitrogens with zero attached hydrogens (tertiary/aromatic N) is 4. The van der Waals surface area contributed by atoms with E-state index >= 15 is 0 Å². The minimum absolute atomic E-state index is 0.0570. The first-order valence-corrected chi connectivity index (χ1v) is 16.7. The molecule has 9 rings (SSSR count). The van der Waals surface area contributed by atoms with Gasteiger partial charge in [0.15, 0.2) is 23.1 Å². The van der Waals surface area contributed by atoms with E-state index in [1.165, 1.54) is 24.3 Å². The zero-order chi connectivity index (χ0) is 37.4. The Morgan fingerprint density at radius 1 is 0.426 bits per heavy atom. The second-order valence-electron chi connectivity index (χ2n) is 13.1. The summed E-state index contributed by atoms with van der Waals surface area (Å²) in [7, 11) is 0. The number of ketones is 4. The van der Waals surface area contributed by atoms with Crippen LogP contribution in [0, 0.1) is 20.2 Å². The lowest BCUT2D eigenvalue weighted by molar-refractivity contribution is -0.385. The number of hydrogen-bond donors (Lipinski definition) is 0. The molecule has 0 N–H and O–H groups in total. The van der Waals surface area contributed by atoms with Crippen LogP contribution in [-0.4, -0.2) is 42.9 Å². The summed E-state index contributed by atoms with van der Waals surface area (Å²) >= 11 is 0. The van der Waals surface area contributed by atoms with Crippen molar-refractivity contribution in [1.29, 1.82) is 0 Å². The van der Waals surface area contributed by atoms with E-state index < -0.39 is 44.8 Å². The number of carbonyl (C=O) groups is 4. The number of hydrogen-bond acceptors (Lipinski definition) is 10. The van der Waals surface area contributed by atoms with Crippen LogP contribution in [0.2, 0.25) is 0 Å². The summed E-state index contributed by atoms with van der Waals surface area (Å²) in [5.74, 6) is -5.16. The van der Waals surface area contributed by atoms with Crippen LogP contribution in [0.25, 0.3) is 44.1 Å². The van der Waals surface area contributed by atoms with E-state index in [2.05, 4.69) is 0 Å². The summed E-state index contributed by atoms with van der Waals surface area (Å²) < 4.78 is 0. The standard InChI is InChI=1S/C42H22N4O8/c47-39-27-13-11-23(45(51)52)17-31(27)41(49)35(39)33-19-29(21-7-3-1-4-8-21)25-15-16-26-30(22-9-5-2-6-10-22)20-34(44-38(26)37(25)43-33)36-40(48)28-14-12-24(46(53)54)18-32(28)42(36)50/h1-20,35-36H. The zero-order valence-electron chi connectivity index (χ0n) is 27.8. The predicted molar refractivity (Wildman–Crippen MR) is 197 cm³/mol. The molecule has 2 aliphatic rings. The predicted octanol–water partition coefficient (Wildman–Crippen LogP) is 8.26. The van der Waals surface area contributed by atoms with E-state index in [9.17, 15) is 39.4 Å². The van der Waals surface area contributed by atoms with Gasteiger partial charge in [0.2, 0.25) is 0 Å². The van der Waals surface area contributed by atoms with Crippen LogP contribution in [0.3, 0.4) is 0 Å². The number of non-ortho nitro benzene ring substituents is 2. The number of rotatable bonds is 6. The van der Waals surface area contributed by atoms with Crippen molar-refractivity contribution in [1.82, 2.24) is 9.97 Å². The van der Waals surface area contributed by atoms with Crippen molar-refractivity contribution >= 4 is 56.3 Å². The van der Waals surface area contributed by atoms with Crippen LogP contribution in [0.15, 0.2) is 121 Å². The van der Waals surface area contributed by atoms with Crippen LogP contribution in [0.5, 0.6) is 0 Å². The van der Waals surface area contributed by atoms with E-state index in [-0.39, 0.29) is 56.0 Å². The summed E-state index contributed by atoms with van der Waals surface area (Å²) in [6, 6.07) is 32.7. The first-order chi connectivity index (χ1) is 26.1. The second-order valence-corrected chi connectivity index (χ2v) is 13.1. The number of benzene rings is 5. The minimum Gasteiger partial charge on any atom is -0.293 e. The fraction of sp³-hybridized carbons (Fsp3) is 0.0476. The first-order valence-electron chi connectivity index (χ1n) is 16.7. The summed E-state index contributed by atoms with van der Waals surface area (Å²) in [5.41, 5.74) is 2.86. The molecule has 0 fully saturated rings. The summed E-state index contributed by atoms with van der Waals surface area (Å²) in [4.78, 5) is 87.3. The quantitative estimate of drug-likeness (QED) is 0.0705. The molecule has 2 aromatic heterocycles. The van der Waals surface area contributed by atoms with Crippen molar-refractivity contribution in [3.63, 3.8) is 0 Å². The Labute approximate surface area is 304 Å². The van der Waals surface area contributed by atoms with Gasteiger partial charge in [-0.2, -0.15) is 0 Å². The third-order valence-electron chi connectivity index (χ3n) is 10.1. The molecule has 54 heavy (non-hydrogen) atoms. The normalized spacial score (nSPS) is 16.2. The molecule has 0 radical (unpaired) electrons. The van der Waals surface area contributed by atoms with Gasteiger partial charge in [-0.3, -0.25) is 39.4 Å². The van der Waals surface area contributed by atoms with Gasteiger partial charge in [0.05, 0.1) is 32.3 Å². The molecule has 7 aromatic rings. The van der Waals surface area contributed by atoms with Crippen LogP contribution in [-0.2, 0) is 0 Å². The molecule has 12 nitrogen and oxygen atoms in total. The van der Waals surface area contributed by atoms with Crippen LogP contribution >= 0.6 is 0 Å². The lowest BCUT2D eigenvalue weighted by Crippen LogP contribution is -2.16. The molecule has 0 saturated heterocycles. The van der Waals surface area contributed by atoms with E-state index in [1.807, 2.05) is 72.8 Å². The van der Waals surface area contributed by atoms with Crippen molar-refractivity contribution in [3.05, 3.63) is 175 Å². The number of fused-ring (bicyclic) bond motifs is 5. The van der Waals surface area contributed by atoms with Gasteiger partial charge in [-0.1, -0.05) is 72.8 Å². The topological polar surface area (TPSA) is 180 Å². The highest BCUT2D eigenvalue weighted by atomic mass is 16.6. The number of carbonyl (C=O) groups excluding carboxylic acids is 4. The fourth-order valence-corrected chi connectivity index (χ4v) is 7.55. The molecule has 0 spiro atoms. The molecule has 2 heterocycles. The van der Waals surface area contributed by atoms with Gasteiger partial charge in [-0.15, -0.1) is 0 Å². The van der Waals surface area contributed by atoms with Gasteiger partial charge in [0.1, 0.15) is 11.8 Å². The Morgan fingerprint density at radius 2 is 0.796 bits per heavy atom. The number of Topliss-reactive ketones (excluding diaryl/α,β-unsaturated/α-hetero) is 4. The molecule has 258 valence electrons. The average molecular weight is 711 g/mol. The molecule has 0 saturated carbocycles. The third-order valence-corrected chi connectivity index (χ3v) is 10.1. The van der Waals surface area contributed by atoms with Crippen molar-refractivity contribution < 1.29 is 29.0 Å². The van der Waals surface area contributed by atoms with E-state index in [1.54, 1.807) is 12.1 Å². The number of pyridine rings is 2. The highest BCUT2D eigenvalue weighted by Gasteiger charge is 2.43. The van der Waals surface area contributed by atoms with Crippen molar-refractivity contribution in [3.8, 4) is 22.3 Å². The second kappa shape index (κ2) is 12.0. The molecule has 2 unspecified atom stereocenters. The molecule has 0 bridgehead atoms. The van der Waals surface area contributed by atoms with Gasteiger partial charge in [0.25, 0.3) is 11.4 Å². The van der Waals surface area contributed by atoms with Crippen molar-refractivity contribution in [2.75, 3.05) is 0 Å². The molecule has 12 heteroatoms. The monoisotopic (exact) mass is 710 g/mol. The maximum absolute atomic E-state index is 13.9. The van der Waals surface area contributed by atoms with E-state index in [0.29, 0.717) is 21.9 Å². The Balaban J connectivity index is 1.32. The summed E-state index contributed by atoms with van der Waals surface area (Å²) in [6.07, 6.45) is 0. The van der Waals surface area contributed by atoms with Gasteiger partial charge in [-0.05, 0) is 46.5 Å². The van der Waals surface area contributed by atoms with Crippen LogP contribution in [0.4, 0.5) is 11.4 Å². The lowest BCUT2D eigenvalue weighted by atomic mass is 9.90. The minimum atomic E-state index is -1.40. The Hall–Kier alpha value is -7.60. The molecular weight excluding hydrogens is 688 g/mol. The zero-order valence-corrected chi connectivity index (χ0v) is 27.8. The Kier molecular flexibility index (Phi) is 7.18. The highest BCUT2D eigenvalue weighted by Crippen LogP contribution is 2.43. The van der Waals surface area contributed by atoms with E-state index in [4.69, 9.17) is 9.97 Å².